The predicted octanol–water partition coefficient (Wildman–Crippen LogP) is 3.26. The molecule has 1 fully saturated rings. The molecule has 3 heterocycles. The average Bonchev–Trinajstić information content (AvgIpc) is 2.67. The van der Waals surface area contributed by atoms with Crippen molar-refractivity contribution in [1.29, 1.82) is 0 Å². The zero-order valence-corrected chi connectivity index (χ0v) is 14.6. The van der Waals surface area contributed by atoms with E-state index in [2.05, 4.69) is 27.9 Å². The van der Waals surface area contributed by atoms with Crippen molar-refractivity contribution < 1.29 is 9.90 Å². The molecule has 0 spiro atoms. The van der Waals surface area contributed by atoms with E-state index < -0.39 is 12.0 Å². The van der Waals surface area contributed by atoms with Crippen LogP contribution in [0.25, 0.3) is 0 Å². The zero-order chi connectivity index (χ0) is 17.6. The Labute approximate surface area is 148 Å². The summed E-state index contributed by atoms with van der Waals surface area (Å²) in [7, 11) is 0. The molecule has 0 saturated carbocycles. The first kappa shape index (κ1) is 17.5. The highest BCUT2D eigenvalue weighted by molar-refractivity contribution is 5.73. The van der Waals surface area contributed by atoms with Gasteiger partial charge in [-0.1, -0.05) is 25.5 Å². The van der Waals surface area contributed by atoms with Gasteiger partial charge in [-0.2, -0.15) is 0 Å². The fraction of sp³-hybridized carbons (Fsp3) is 0.450. The van der Waals surface area contributed by atoms with E-state index in [1.807, 2.05) is 30.5 Å². The van der Waals surface area contributed by atoms with Crippen LogP contribution in [0.5, 0.6) is 0 Å². The summed E-state index contributed by atoms with van der Waals surface area (Å²) in [4.78, 5) is 23.0. The van der Waals surface area contributed by atoms with E-state index in [-0.39, 0.29) is 6.04 Å². The number of carbonyl (C=O) groups is 1. The molecule has 0 bridgehead atoms. The molecule has 132 valence electrons. The number of piperidine rings is 1. The maximum Gasteiger partial charge on any atom is 0.320 e. The number of pyridine rings is 2. The predicted molar refractivity (Wildman–Crippen MR) is 96.3 cm³/mol. The van der Waals surface area contributed by atoms with Crippen LogP contribution in [0.15, 0.2) is 42.7 Å². The monoisotopic (exact) mass is 339 g/mol. The Hall–Kier alpha value is -2.27. The number of carboxylic acid groups (broad SMARTS) is 1. The van der Waals surface area contributed by atoms with Crippen LogP contribution < -0.4 is 0 Å². The van der Waals surface area contributed by atoms with Crippen molar-refractivity contribution in [1.82, 2.24) is 14.9 Å². The van der Waals surface area contributed by atoms with E-state index in [4.69, 9.17) is 0 Å². The van der Waals surface area contributed by atoms with Crippen molar-refractivity contribution in [2.24, 2.45) is 0 Å². The first-order chi connectivity index (χ1) is 12.2. The zero-order valence-electron chi connectivity index (χ0n) is 14.6. The molecule has 1 aliphatic heterocycles. The molecule has 2 aromatic heterocycles. The van der Waals surface area contributed by atoms with Gasteiger partial charge in [0.15, 0.2) is 0 Å². The van der Waals surface area contributed by atoms with Crippen molar-refractivity contribution in [2.45, 2.75) is 51.1 Å². The molecule has 1 saturated heterocycles. The molecule has 1 N–H and O–H groups in total. The summed E-state index contributed by atoms with van der Waals surface area (Å²) < 4.78 is 0. The molecule has 5 nitrogen and oxygen atoms in total. The highest BCUT2D eigenvalue weighted by atomic mass is 16.4. The van der Waals surface area contributed by atoms with Gasteiger partial charge in [-0.15, -0.1) is 0 Å². The van der Waals surface area contributed by atoms with Gasteiger partial charge >= 0.3 is 5.97 Å². The summed E-state index contributed by atoms with van der Waals surface area (Å²) >= 11 is 0. The third-order valence-electron chi connectivity index (χ3n) is 4.96. The van der Waals surface area contributed by atoms with Crippen molar-refractivity contribution in [2.75, 3.05) is 6.54 Å². The van der Waals surface area contributed by atoms with Crippen LogP contribution in [0.4, 0.5) is 0 Å². The van der Waals surface area contributed by atoms with Crippen molar-refractivity contribution >= 4 is 5.97 Å². The Balaban J connectivity index is 1.93. The van der Waals surface area contributed by atoms with Gasteiger partial charge in [0.05, 0.1) is 11.7 Å². The molecule has 0 amide bonds. The van der Waals surface area contributed by atoms with Gasteiger partial charge in [0.2, 0.25) is 0 Å². The summed E-state index contributed by atoms with van der Waals surface area (Å²) in [5.74, 6) is -0.740. The van der Waals surface area contributed by atoms with E-state index in [0.29, 0.717) is 12.8 Å². The minimum absolute atomic E-state index is 0.0674. The first-order valence-electron chi connectivity index (χ1n) is 9.02. The normalized spacial score (nSPS) is 19.5. The SMILES string of the molecule is CCc1ccc(C(Cc2ccccn2)N2CCCCC2C(=O)O)nc1. The summed E-state index contributed by atoms with van der Waals surface area (Å²) in [6.45, 7) is 2.89. The van der Waals surface area contributed by atoms with Gasteiger partial charge in [-0.3, -0.25) is 19.7 Å². The lowest BCUT2D eigenvalue weighted by molar-refractivity contribution is -0.146. The van der Waals surface area contributed by atoms with Crippen LogP contribution in [0.3, 0.4) is 0 Å². The topological polar surface area (TPSA) is 66.3 Å². The molecule has 2 atom stereocenters. The maximum absolute atomic E-state index is 11.8. The lowest BCUT2D eigenvalue weighted by Gasteiger charge is -2.38. The van der Waals surface area contributed by atoms with Gasteiger partial charge < -0.3 is 5.11 Å². The van der Waals surface area contributed by atoms with Gasteiger partial charge in [-0.25, -0.2) is 0 Å². The molecule has 2 aromatic rings. The Morgan fingerprint density at radius 2 is 2.16 bits per heavy atom. The van der Waals surface area contributed by atoms with Gasteiger partial charge in [0.25, 0.3) is 0 Å². The standard InChI is InChI=1S/C20H25N3O2/c1-2-15-9-10-17(22-14-15)19(13-16-7-3-5-11-21-16)23-12-6-4-8-18(23)20(24)25/h3,5,7,9-11,14,18-19H,2,4,6,8,12-13H2,1H3,(H,24,25). The third kappa shape index (κ3) is 4.23. The molecule has 1 aliphatic rings. The summed E-state index contributed by atoms with van der Waals surface area (Å²) in [5, 5.41) is 9.68. The van der Waals surface area contributed by atoms with E-state index in [9.17, 15) is 9.90 Å². The molecule has 3 rings (SSSR count). The molecule has 0 aromatic carbocycles. The van der Waals surface area contributed by atoms with Crippen LogP contribution in [-0.2, 0) is 17.6 Å². The number of carboxylic acids is 1. The second-order valence-corrected chi connectivity index (χ2v) is 6.57. The number of hydrogen-bond donors (Lipinski definition) is 1. The van der Waals surface area contributed by atoms with Crippen LogP contribution in [0.1, 0.15) is 49.2 Å². The second-order valence-electron chi connectivity index (χ2n) is 6.57. The number of aliphatic carboxylic acids is 1. The Kier molecular flexibility index (Phi) is 5.76. The Bertz CT molecular complexity index is 688. The lowest BCUT2D eigenvalue weighted by Crippen LogP contribution is -2.47. The van der Waals surface area contributed by atoms with E-state index in [0.717, 1.165) is 37.2 Å². The summed E-state index contributed by atoms with van der Waals surface area (Å²) in [6, 6.07) is 9.48. The van der Waals surface area contributed by atoms with Crippen LogP contribution in [-0.4, -0.2) is 38.5 Å². The second kappa shape index (κ2) is 8.21. The average molecular weight is 339 g/mol. The van der Waals surface area contributed by atoms with Crippen LogP contribution in [0.2, 0.25) is 0 Å². The van der Waals surface area contributed by atoms with Crippen molar-refractivity contribution in [3.8, 4) is 0 Å². The third-order valence-corrected chi connectivity index (χ3v) is 4.96. The Morgan fingerprint density at radius 3 is 2.80 bits per heavy atom. The van der Waals surface area contributed by atoms with E-state index in [1.54, 1.807) is 6.20 Å². The number of nitrogens with zero attached hydrogens (tertiary/aromatic N) is 3. The first-order valence-corrected chi connectivity index (χ1v) is 9.02. The molecule has 25 heavy (non-hydrogen) atoms. The number of aryl methyl sites for hydroxylation is 1. The van der Waals surface area contributed by atoms with Crippen LogP contribution in [0, 0.1) is 0 Å². The number of hydrogen-bond acceptors (Lipinski definition) is 4. The highest BCUT2D eigenvalue weighted by Gasteiger charge is 2.35. The summed E-state index contributed by atoms with van der Waals surface area (Å²) in [6.07, 6.45) is 7.98. The number of rotatable bonds is 6. The fourth-order valence-corrected chi connectivity index (χ4v) is 3.54. The number of likely N-dealkylation sites (tertiary alicyclic amines) is 1. The van der Waals surface area contributed by atoms with Crippen LogP contribution >= 0.6 is 0 Å². The van der Waals surface area contributed by atoms with E-state index >= 15 is 0 Å². The smallest absolute Gasteiger partial charge is 0.320 e. The highest BCUT2D eigenvalue weighted by Crippen LogP contribution is 2.30. The number of aromatic nitrogens is 2. The molecule has 0 radical (unpaired) electrons. The van der Waals surface area contributed by atoms with Gasteiger partial charge in [0, 0.05) is 24.5 Å². The van der Waals surface area contributed by atoms with Crippen molar-refractivity contribution in [3.63, 3.8) is 0 Å². The Morgan fingerprint density at radius 1 is 1.28 bits per heavy atom. The minimum atomic E-state index is -0.740. The molecular formula is C20H25N3O2. The van der Waals surface area contributed by atoms with Gasteiger partial charge in [0.1, 0.15) is 6.04 Å². The van der Waals surface area contributed by atoms with E-state index in [1.165, 1.54) is 5.56 Å². The molecule has 0 aliphatic carbocycles. The maximum atomic E-state index is 11.8. The minimum Gasteiger partial charge on any atom is -0.480 e. The summed E-state index contributed by atoms with van der Waals surface area (Å²) in [5.41, 5.74) is 3.08. The quantitative estimate of drug-likeness (QED) is 0.875. The largest absolute Gasteiger partial charge is 0.480 e. The molecule has 2 unspecified atom stereocenters. The van der Waals surface area contributed by atoms with Crippen molar-refractivity contribution in [3.05, 3.63) is 59.7 Å². The lowest BCUT2D eigenvalue weighted by atomic mass is 9.95. The van der Waals surface area contributed by atoms with Gasteiger partial charge in [-0.05, 0) is 49.6 Å². The fourth-order valence-electron chi connectivity index (χ4n) is 3.54. The molecule has 5 heteroatoms. The molecular weight excluding hydrogens is 314 g/mol.